The van der Waals surface area contributed by atoms with E-state index in [1.807, 2.05) is 18.2 Å². The van der Waals surface area contributed by atoms with Crippen molar-refractivity contribution in [3.63, 3.8) is 0 Å². The lowest BCUT2D eigenvalue weighted by atomic mass is 10.1. The molecule has 106 valence electrons. The molecule has 1 unspecified atom stereocenters. The number of hydrogen-bond donors (Lipinski definition) is 2. The maximum Gasteiger partial charge on any atom is 0.123 e. The Morgan fingerprint density at radius 1 is 1.42 bits per heavy atom. The third kappa shape index (κ3) is 4.63. The van der Waals surface area contributed by atoms with Crippen LogP contribution in [0, 0.1) is 5.92 Å². The molecule has 1 aliphatic rings. The first-order valence-electron chi connectivity index (χ1n) is 7.13. The average Bonchev–Trinajstić information content (AvgIpc) is 2.89. The van der Waals surface area contributed by atoms with Gasteiger partial charge >= 0.3 is 0 Å². The van der Waals surface area contributed by atoms with Crippen molar-refractivity contribution in [3.8, 4) is 5.75 Å². The summed E-state index contributed by atoms with van der Waals surface area (Å²) in [5, 5.41) is 3.41. The van der Waals surface area contributed by atoms with Crippen molar-refractivity contribution in [3.05, 3.63) is 18.2 Å². The average molecular weight is 264 g/mol. The second-order valence-corrected chi connectivity index (χ2v) is 5.08. The number of benzene rings is 1. The van der Waals surface area contributed by atoms with Crippen LogP contribution >= 0.6 is 0 Å². The molecule has 0 spiro atoms. The van der Waals surface area contributed by atoms with Crippen LogP contribution in [0.2, 0.25) is 0 Å². The number of nitrogens with one attached hydrogen (secondary N) is 1. The second-order valence-electron chi connectivity index (χ2n) is 5.08. The Bertz CT molecular complexity index is 390. The summed E-state index contributed by atoms with van der Waals surface area (Å²) in [5.41, 5.74) is 7.65. The van der Waals surface area contributed by atoms with Crippen molar-refractivity contribution in [2.75, 3.05) is 37.4 Å². The van der Waals surface area contributed by atoms with E-state index in [9.17, 15) is 0 Å². The van der Waals surface area contributed by atoms with Crippen LogP contribution < -0.4 is 15.8 Å². The van der Waals surface area contributed by atoms with Crippen LogP contribution in [-0.2, 0) is 4.74 Å². The molecule has 0 aromatic heterocycles. The van der Waals surface area contributed by atoms with E-state index in [0.717, 1.165) is 56.3 Å². The number of ether oxygens (including phenoxy) is 2. The van der Waals surface area contributed by atoms with Crippen molar-refractivity contribution in [1.29, 1.82) is 0 Å². The Labute approximate surface area is 115 Å². The number of nitrogen functional groups attached to an aromatic ring is 1. The van der Waals surface area contributed by atoms with E-state index in [0.29, 0.717) is 5.92 Å². The largest absolute Gasteiger partial charge is 0.493 e. The quantitative estimate of drug-likeness (QED) is 0.743. The van der Waals surface area contributed by atoms with Gasteiger partial charge in [0.1, 0.15) is 5.75 Å². The number of nitrogens with two attached hydrogens (primary N) is 1. The van der Waals surface area contributed by atoms with Crippen LogP contribution in [0.15, 0.2) is 18.2 Å². The zero-order valence-electron chi connectivity index (χ0n) is 11.7. The maximum atomic E-state index is 5.89. The van der Waals surface area contributed by atoms with Gasteiger partial charge in [-0.15, -0.1) is 0 Å². The highest BCUT2D eigenvalue weighted by atomic mass is 16.5. The lowest BCUT2D eigenvalue weighted by Crippen LogP contribution is -2.09. The first-order valence-corrected chi connectivity index (χ1v) is 7.13. The van der Waals surface area contributed by atoms with Crippen molar-refractivity contribution in [2.45, 2.75) is 26.2 Å². The normalized spacial score (nSPS) is 18.5. The number of anilines is 2. The van der Waals surface area contributed by atoms with Crippen molar-refractivity contribution < 1.29 is 9.47 Å². The second kappa shape index (κ2) is 7.24. The first-order chi connectivity index (χ1) is 9.28. The Morgan fingerprint density at radius 3 is 3.05 bits per heavy atom. The minimum Gasteiger partial charge on any atom is -0.493 e. The van der Waals surface area contributed by atoms with Crippen LogP contribution in [-0.4, -0.2) is 26.4 Å². The van der Waals surface area contributed by atoms with Gasteiger partial charge in [0.2, 0.25) is 0 Å². The Morgan fingerprint density at radius 2 is 2.32 bits per heavy atom. The lowest BCUT2D eigenvalue weighted by molar-refractivity contribution is 0.185. The Kier molecular flexibility index (Phi) is 5.33. The predicted molar refractivity (Wildman–Crippen MR) is 78.7 cm³/mol. The van der Waals surface area contributed by atoms with Crippen molar-refractivity contribution in [2.24, 2.45) is 5.92 Å². The summed E-state index contributed by atoms with van der Waals surface area (Å²) >= 11 is 0. The third-order valence-corrected chi connectivity index (χ3v) is 3.31. The molecule has 19 heavy (non-hydrogen) atoms. The fraction of sp³-hybridized carbons (Fsp3) is 0.600. The molecule has 1 fully saturated rings. The summed E-state index contributed by atoms with van der Waals surface area (Å²) in [6, 6.07) is 5.83. The van der Waals surface area contributed by atoms with Crippen LogP contribution in [0.1, 0.15) is 26.2 Å². The van der Waals surface area contributed by atoms with Gasteiger partial charge in [-0.25, -0.2) is 0 Å². The molecule has 2 rings (SSSR count). The van der Waals surface area contributed by atoms with E-state index in [-0.39, 0.29) is 0 Å². The highest BCUT2D eigenvalue weighted by Gasteiger charge is 2.14. The molecule has 4 nitrogen and oxygen atoms in total. The molecule has 0 radical (unpaired) electrons. The number of rotatable bonds is 7. The smallest absolute Gasteiger partial charge is 0.123 e. The van der Waals surface area contributed by atoms with E-state index in [1.165, 1.54) is 6.42 Å². The molecule has 1 aromatic rings. The summed E-state index contributed by atoms with van der Waals surface area (Å²) in [7, 11) is 0. The van der Waals surface area contributed by atoms with E-state index < -0.39 is 0 Å². The van der Waals surface area contributed by atoms with Crippen molar-refractivity contribution >= 4 is 11.4 Å². The Hall–Kier alpha value is -1.42. The highest BCUT2D eigenvalue weighted by molar-refractivity contribution is 5.59. The predicted octanol–water partition coefficient (Wildman–Crippen LogP) is 2.90. The highest BCUT2D eigenvalue weighted by Crippen LogP contribution is 2.23. The maximum absolute atomic E-state index is 5.89. The minimum absolute atomic E-state index is 0.698. The van der Waals surface area contributed by atoms with Gasteiger partial charge in [0.05, 0.1) is 6.61 Å². The molecule has 1 saturated heterocycles. The minimum atomic E-state index is 0.698. The van der Waals surface area contributed by atoms with E-state index >= 15 is 0 Å². The Balaban J connectivity index is 1.82. The van der Waals surface area contributed by atoms with E-state index in [4.69, 9.17) is 15.2 Å². The fourth-order valence-electron chi connectivity index (χ4n) is 2.26. The molecular weight excluding hydrogens is 240 g/mol. The van der Waals surface area contributed by atoms with Gasteiger partial charge in [0.25, 0.3) is 0 Å². The lowest BCUT2D eigenvalue weighted by Gasteiger charge is -2.12. The zero-order valence-corrected chi connectivity index (χ0v) is 11.7. The van der Waals surface area contributed by atoms with Crippen LogP contribution in [0.4, 0.5) is 11.4 Å². The van der Waals surface area contributed by atoms with Gasteiger partial charge in [-0.1, -0.05) is 6.92 Å². The molecule has 0 amide bonds. The summed E-state index contributed by atoms with van der Waals surface area (Å²) in [6.45, 7) is 5.59. The van der Waals surface area contributed by atoms with Crippen LogP contribution in [0.25, 0.3) is 0 Å². The molecule has 3 N–H and O–H groups in total. The molecular formula is C15H24N2O2. The molecule has 1 aromatic carbocycles. The third-order valence-electron chi connectivity index (χ3n) is 3.31. The summed E-state index contributed by atoms with van der Waals surface area (Å²) in [5.74, 6) is 1.54. The molecule has 1 heterocycles. The molecule has 0 bridgehead atoms. The van der Waals surface area contributed by atoms with E-state index in [2.05, 4.69) is 12.2 Å². The molecule has 1 atom stereocenters. The number of hydrogen-bond acceptors (Lipinski definition) is 4. The summed E-state index contributed by atoms with van der Waals surface area (Å²) in [4.78, 5) is 0. The molecule has 0 saturated carbocycles. The molecule has 4 heteroatoms. The standard InChI is InChI=1S/C15H24N2O2/c1-2-6-19-15-9-13(16)8-14(10-15)17-5-3-12-4-7-18-11-12/h8-10,12,17H,2-7,11,16H2,1H3. The first kappa shape index (κ1) is 14.0. The van der Waals surface area contributed by atoms with E-state index in [1.54, 1.807) is 0 Å². The van der Waals surface area contributed by atoms with Gasteiger partial charge in [0, 0.05) is 43.3 Å². The van der Waals surface area contributed by atoms with Gasteiger partial charge in [-0.3, -0.25) is 0 Å². The fourth-order valence-corrected chi connectivity index (χ4v) is 2.26. The van der Waals surface area contributed by atoms with Crippen molar-refractivity contribution in [1.82, 2.24) is 0 Å². The molecule has 1 aliphatic heterocycles. The molecule has 0 aliphatic carbocycles. The van der Waals surface area contributed by atoms with Crippen LogP contribution in [0.3, 0.4) is 0 Å². The van der Waals surface area contributed by atoms with Gasteiger partial charge < -0.3 is 20.5 Å². The zero-order chi connectivity index (χ0) is 13.5. The van der Waals surface area contributed by atoms with Gasteiger partial charge in [0.15, 0.2) is 0 Å². The monoisotopic (exact) mass is 264 g/mol. The van der Waals surface area contributed by atoms with Gasteiger partial charge in [-0.2, -0.15) is 0 Å². The van der Waals surface area contributed by atoms with Crippen LogP contribution in [0.5, 0.6) is 5.75 Å². The summed E-state index contributed by atoms with van der Waals surface area (Å²) < 4.78 is 11.0. The topological polar surface area (TPSA) is 56.5 Å². The SMILES string of the molecule is CCCOc1cc(N)cc(NCCC2CCOC2)c1. The van der Waals surface area contributed by atoms with Gasteiger partial charge in [-0.05, 0) is 31.2 Å². The summed E-state index contributed by atoms with van der Waals surface area (Å²) in [6.07, 6.45) is 3.32.